The van der Waals surface area contributed by atoms with Gasteiger partial charge < -0.3 is 15.4 Å². The van der Waals surface area contributed by atoms with Crippen molar-refractivity contribution in [1.82, 2.24) is 10.6 Å². The quantitative estimate of drug-likeness (QED) is 0.461. The van der Waals surface area contributed by atoms with Gasteiger partial charge in [0.15, 0.2) is 5.96 Å². The van der Waals surface area contributed by atoms with E-state index < -0.39 is 0 Å². The van der Waals surface area contributed by atoms with Crippen LogP contribution in [0.15, 0.2) is 4.99 Å². The number of nitrogens with zero attached hydrogens (tertiary/aromatic N) is 1. The molecule has 1 aliphatic rings. The number of hydrogen-bond acceptors (Lipinski definition) is 2. The van der Waals surface area contributed by atoms with E-state index in [2.05, 4.69) is 29.5 Å². The lowest BCUT2D eigenvalue weighted by Gasteiger charge is -2.55. The summed E-state index contributed by atoms with van der Waals surface area (Å²) < 4.78 is 5.56. The zero-order valence-corrected chi connectivity index (χ0v) is 13.9. The maximum Gasteiger partial charge on any atom is 0.190 e. The Morgan fingerprint density at radius 1 is 1.41 bits per heavy atom. The van der Waals surface area contributed by atoms with Crippen LogP contribution in [0.5, 0.6) is 0 Å². The summed E-state index contributed by atoms with van der Waals surface area (Å²) in [5.74, 6) is 0.867. The van der Waals surface area contributed by atoms with Crippen LogP contribution in [0.2, 0.25) is 0 Å². The molecule has 0 aliphatic heterocycles. The SMILES string of the molecule is CCC1(CC)C(NC(=NC)NC)CC1OC.I. The Morgan fingerprint density at radius 3 is 2.35 bits per heavy atom. The number of nitrogens with one attached hydrogen (secondary N) is 2. The summed E-state index contributed by atoms with van der Waals surface area (Å²) in [7, 11) is 5.50. The standard InChI is InChI=1S/C12H25N3O.HI/c1-6-12(7-2)9(8-10(12)16-5)15-11(13-3)14-4;/h9-10H,6-8H2,1-5H3,(H2,13,14,15);1H. The molecule has 1 aliphatic carbocycles. The number of ether oxygens (including phenoxy) is 1. The molecule has 0 bridgehead atoms. The second kappa shape index (κ2) is 7.41. The molecule has 0 saturated heterocycles. The Bertz CT molecular complexity index is 254. The molecule has 0 spiro atoms. The number of guanidine groups is 1. The van der Waals surface area contributed by atoms with Gasteiger partial charge in [-0.3, -0.25) is 4.99 Å². The van der Waals surface area contributed by atoms with Crippen LogP contribution < -0.4 is 10.6 Å². The second-order valence-corrected chi connectivity index (χ2v) is 4.42. The van der Waals surface area contributed by atoms with Gasteiger partial charge in [-0.25, -0.2) is 0 Å². The van der Waals surface area contributed by atoms with Gasteiger partial charge >= 0.3 is 0 Å². The van der Waals surface area contributed by atoms with Crippen molar-refractivity contribution in [2.24, 2.45) is 10.4 Å². The van der Waals surface area contributed by atoms with Crippen molar-refractivity contribution in [3.05, 3.63) is 0 Å². The molecule has 0 amide bonds. The Hall–Kier alpha value is -0.0400. The van der Waals surface area contributed by atoms with Crippen molar-refractivity contribution >= 4 is 29.9 Å². The highest BCUT2D eigenvalue weighted by Gasteiger charge is 2.53. The zero-order valence-electron chi connectivity index (χ0n) is 11.5. The molecule has 1 saturated carbocycles. The van der Waals surface area contributed by atoms with E-state index in [9.17, 15) is 0 Å². The predicted molar refractivity (Wildman–Crippen MR) is 83.2 cm³/mol. The van der Waals surface area contributed by atoms with E-state index >= 15 is 0 Å². The molecule has 0 aromatic rings. The minimum absolute atomic E-state index is 0. The normalized spacial score (nSPS) is 26.8. The molecule has 2 atom stereocenters. The van der Waals surface area contributed by atoms with E-state index in [0.29, 0.717) is 12.1 Å². The molecule has 102 valence electrons. The smallest absolute Gasteiger partial charge is 0.190 e. The number of hydrogen-bond donors (Lipinski definition) is 2. The number of methoxy groups -OCH3 is 1. The van der Waals surface area contributed by atoms with Gasteiger partial charge in [0.05, 0.1) is 6.10 Å². The van der Waals surface area contributed by atoms with Crippen molar-refractivity contribution in [3.63, 3.8) is 0 Å². The summed E-state index contributed by atoms with van der Waals surface area (Å²) in [5, 5.41) is 6.54. The van der Waals surface area contributed by atoms with Crippen molar-refractivity contribution in [2.45, 2.75) is 45.3 Å². The average Bonchev–Trinajstić information content (AvgIpc) is 2.30. The third kappa shape index (κ3) is 3.05. The maximum absolute atomic E-state index is 5.56. The monoisotopic (exact) mass is 355 g/mol. The molecule has 17 heavy (non-hydrogen) atoms. The first-order valence-electron chi connectivity index (χ1n) is 6.12. The predicted octanol–water partition coefficient (Wildman–Crippen LogP) is 1.99. The summed E-state index contributed by atoms with van der Waals surface area (Å²) in [4.78, 5) is 4.17. The van der Waals surface area contributed by atoms with Gasteiger partial charge in [0, 0.05) is 32.7 Å². The van der Waals surface area contributed by atoms with Gasteiger partial charge in [-0.15, -0.1) is 24.0 Å². The maximum atomic E-state index is 5.56. The fourth-order valence-electron chi connectivity index (χ4n) is 2.89. The van der Waals surface area contributed by atoms with Crippen LogP contribution >= 0.6 is 24.0 Å². The van der Waals surface area contributed by atoms with E-state index in [-0.39, 0.29) is 29.4 Å². The van der Waals surface area contributed by atoms with Crippen LogP contribution in [-0.4, -0.2) is 39.3 Å². The van der Waals surface area contributed by atoms with Gasteiger partial charge in [0.1, 0.15) is 0 Å². The summed E-state index contributed by atoms with van der Waals surface area (Å²) >= 11 is 0. The third-order valence-electron chi connectivity index (χ3n) is 4.16. The first kappa shape index (κ1) is 17.0. The first-order valence-corrected chi connectivity index (χ1v) is 6.12. The molecule has 2 unspecified atom stereocenters. The van der Waals surface area contributed by atoms with E-state index in [4.69, 9.17) is 4.74 Å². The van der Waals surface area contributed by atoms with Crippen LogP contribution in [0, 0.1) is 5.41 Å². The highest BCUT2D eigenvalue weighted by molar-refractivity contribution is 14.0. The molecular weight excluding hydrogens is 329 g/mol. The van der Waals surface area contributed by atoms with E-state index in [1.165, 1.54) is 0 Å². The molecular formula is C12H26IN3O. The number of halogens is 1. The van der Waals surface area contributed by atoms with Crippen molar-refractivity contribution in [1.29, 1.82) is 0 Å². The Kier molecular flexibility index (Phi) is 7.39. The molecule has 0 aromatic carbocycles. The minimum Gasteiger partial charge on any atom is -0.381 e. The summed E-state index contributed by atoms with van der Waals surface area (Å²) in [5.41, 5.74) is 0.265. The number of rotatable bonds is 4. The molecule has 1 rings (SSSR count). The summed E-state index contributed by atoms with van der Waals surface area (Å²) in [6.45, 7) is 4.48. The van der Waals surface area contributed by atoms with Crippen molar-refractivity contribution < 1.29 is 4.74 Å². The van der Waals surface area contributed by atoms with Crippen LogP contribution in [0.4, 0.5) is 0 Å². The van der Waals surface area contributed by atoms with Gasteiger partial charge in [-0.05, 0) is 19.3 Å². The van der Waals surface area contributed by atoms with Gasteiger partial charge in [0.25, 0.3) is 0 Å². The van der Waals surface area contributed by atoms with Crippen molar-refractivity contribution in [2.75, 3.05) is 21.2 Å². The van der Waals surface area contributed by atoms with Crippen molar-refractivity contribution in [3.8, 4) is 0 Å². The summed E-state index contributed by atoms with van der Waals surface area (Å²) in [6.07, 6.45) is 3.73. The molecule has 0 heterocycles. The van der Waals surface area contributed by atoms with Crippen LogP contribution in [0.3, 0.4) is 0 Å². The number of aliphatic imine (C=N–C) groups is 1. The van der Waals surface area contributed by atoms with Crippen LogP contribution in [0.25, 0.3) is 0 Å². The van der Waals surface area contributed by atoms with E-state index in [1.807, 2.05) is 14.2 Å². The molecule has 2 N–H and O–H groups in total. The zero-order chi connectivity index (χ0) is 12.2. The molecule has 1 fully saturated rings. The first-order chi connectivity index (χ1) is 7.68. The fourth-order valence-corrected chi connectivity index (χ4v) is 2.89. The molecule has 0 radical (unpaired) electrons. The largest absolute Gasteiger partial charge is 0.381 e. The summed E-state index contributed by atoms with van der Waals surface area (Å²) in [6, 6.07) is 0.471. The van der Waals surface area contributed by atoms with E-state index in [1.54, 1.807) is 7.05 Å². The molecule has 5 heteroatoms. The van der Waals surface area contributed by atoms with Gasteiger partial charge in [-0.2, -0.15) is 0 Å². The second-order valence-electron chi connectivity index (χ2n) is 4.42. The Morgan fingerprint density at radius 2 is 2.00 bits per heavy atom. The van der Waals surface area contributed by atoms with Gasteiger partial charge in [0.2, 0.25) is 0 Å². The topological polar surface area (TPSA) is 45.7 Å². The lowest BCUT2D eigenvalue weighted by Crippen LogP contribution is -2.65. The Balaban J connectivity index is 0.00000256. The fraction of sp³-hybridized carbons (Fsp3) is 0.917. The van der Waals surface area contributed by atoms with Crippen LogP contribution in [0.1, 0.15) is 33.1 Å². The van der Waals surface area contributed by atoms with Crippen LogP contribution in [-0.2, 0) is 4.74 Å². The molecule has 4 nitrogen and oxygen atoms in total. The lowest BCUT2D eigenvalue weighted by molar-refractivity contribution is -0.118. The Labute approximate surface area is 122 Å². The van der Waals surface area contributed by atoms with Gasteiger partial charge in [-0.1, -0.05) is 13.8 Å². The van der Waals surface area contributed by atoms with E-state index in [0.717, 1.165) is 25.2 Å². The third-order valence-corrected chi connectivity index (χ3v) is 4.16. The highest BCUT2D eigenvalue weighted by atomic mass is 127. The lowest BCUT2D eigenvalue weighted by atomic mass is 9.58. The minimum atomic E-state index is 0. The highest BCUT2D eigenvalue weighted by Crippen LogP contribution is 2.48. The molecule has 0 aromatic heterocycles. The average molecular weight is 355 g/mol.